The van der Waals surface area contributed by atoms with Crippen molar-refractivity contribution < 1.29 is 13.9 Å². The highest BCUT2D eigenvalue weighted by Gasteiger charge is 2.31. The van der Waals surface area contributed by atoms with Crippen molar-refractivity contribution in [1.82, 2.24) is 4.90 Å². The molecular formula is C41H62ClFN2O2. The summed E-state index contributed by atoms with van der Waals surface area (Å²) in [6.45, 7) is 24.8. The van der Waals surface area contributed by atoms with E-state index in [0.717, 1.165) is 53.5 Å². The van der Waals surface area contributed by atoms with Crippen LogP contribution in [0.1, 0.15) is 123 Å². The van der Waals surface area contributed by atoms with E-state index >= 15 is 0 Å². The molecule has 262 valence electrons. The van der Waals surface area contributed by atoms with Gasteiger partial charge in [0.1, 0.15) is 11.6 Å². The minimum atomic E-state index is -0.424. The lowest BCUT2D eigenvalue weighted by Gasteiger charge is -2.37. The highest BCUT2D eigenvalue weighted by molar-refractivity contribution is 6.51. The number of carbonyl (C=O) groups excluding carboxylic acids is 1. The van der Waals surface area contributed by atoms with Gasteiger partial charge in [0.05, 0.1) is 12.1 Å². The molecule has 1 fully saturated rings. The van der Waals surface area contributed by atoms with Gasteiger partial charge in [0.2, 0.25) is 0 Å². The van der Waals surface area contributed by atoms with Crippen LogP contribution in [0.3, 0.4) is 0 Å². The molecule has 1 aliphatic rings. The first-order chi connectivity index (χ1) is 22.6. The standard InChI is InChI=1S/C35H44ClFN2O2.3C2H6/c1-8-10-27(19-20-38-9-2)28-14-18-32(41-7)29(21-28)22-39(30-15-11-23(3)12-16-30)35(40)26(6)34(36)33-25(5)24(4)13-17-31(33)37;3*1-2/h8,10,13-14,17-21,23,30H,9,11-12,15-16,22H2,1-7H3;3*1-2H3/b10-8-,27-19+,34-26-,38-20?;;;. The van der Waals surface area contributed by atoms with Gasteiger partial charge in [-0.2, -0.15) is 0 Å². The molecule has 2 aromatic rings. The molecule has 1 aliphatic carbocycles. The number of hydrogen-bond acceptors (Lipinski definition) is 3. The van der Waals surface area contributed by atoms with Gasteiger partial charge >= 0.3 is 0 Å². The molecule has 6 heteroatoms. The molecule has 0 atom stereocenters. The molecule has 3 rings (SSSR count). The number of nitrogens with zero attached hydrogens (tertiary/aromatic N) is 2. The SMILES string of the molecule is C/C=C\C(=C/C=NCC)c1ccc(OC)c(CN(C(=O)/C(C)=C(\Cl)c2c(F)ccc(C)c2C)C2CCC(C)CC2)c1.CC.CC.CC. The van der Waals surface area contributed by atoms with E-state index in [9.17, 15) is 9.18 Å². The highest BCUT2D eigenvalue weighted by atomic mass is 35.5. The average Bonchev–Trinajstić information content (AvgIpc) is 3.11. The molecule has 4 nitrogen and oxygen atoms in total. The van der Waals surface area contributed by atoms with E-state index in [4.69, 9.17) is 16.3 Å². The van der Waals surface area contributed by atoms with Crippen LogP contribution >= 0.6 is 11.6 Å². The molecule has 0 bridgehead atoms. The Balaban J connectivity index is 0.00000333. The Morgan fingerprint density at radius 2 is 1.66 bits per heavy atom. The normalized spacial score (nSPS) is 16.6. The van der Waals surface area contributed by atoms with Crippen LogP contribution in [0, 0.1) is 25.6 Å². The first-order valence-electron chi connectivity index (χ1n) is 17.6. The number of benzene rings is 2. The maximum Gasteiger partial charge on any atom is 0.251 e. The third-order valence-corrected chi connectivity index (χ3v) is 8.56. The van der Waals surface area contributed by atoms with Gasteiger partial charge in [0.25, 0.3) is 5.91 Å². The van der Waals surface area contributed by atoms with E-state index in [1.165, 1.54) is 6.07 Å². The molecular weight excluding hydrogens is 607 g/mol. The number of hydrogen-bond donors (Lipinski definition) is 0. The molecule has 1 saturated carbocycles. The number of rotatable bonds is 10. The van der Waals surface area contributed by atoms with Gasteiger partial charge in [0, 0.05) is 42.0 Å². The van der Waals surface area contributed by atoms with Crippen LogP contribution < -0.4 is 4.74 Å². The summed E-state index contributed by atoms with van der Waals surface area (Å²) in [7, 11) is 1.65. The van der Waals surface area contributed by atoms with Gasteiger partial charge in [-0.15, -0.1) is 0 Å². The van der Waals surface area contributed by atoms with Crippen molar-refractivity contribution in [3.8, 4) is 5.75 Å². The Labute approximate surface area is 291 Å². The average molecular weight is 669 g/mol. The summed E-state index contributed by atoms with van der Waals surface area (Å²) in [4.78, 5) is 20.5. The van der Waals surface area contributed by atoms with Crippen LogP contribution in [0.4, 0.5) is 4.39 Å². The molecule has 0 aliphatic heterocycles. The van der Waals surface area contributed by atoms with Crippen LogP contribution in [-0.4, -0.2) is 36.7 Å². The summed E-state index contributed by atoms with van der Waals surface area (Å²) in [5.74, 6) is 0.740. The number of amides is 1. The van der Waals surface area contributed by atoms with Gasteiger partial charge in [-0.3, -0.25) is 9.79 Å². The molecule has 0 unspecified atom stereocenters. The summed E-state index contributed by atoms with van der Waals surface area (Å²) in [6.07, 6.45) is 11.8. The van der Waals surface area contributed by atoms with E-state index in [1.807, 2.05) is 111 Å². The van der Waals surface area contributed by atoms with E-state index < -0.39 is 5.82 Å². The fourth-order valence-corrected chi connectivity index (χ4v) is 5.71. The predicted octanol–water partition coefficient (Wildman–Crippen LogP) is 12.2. The minimum absolute atomic E-state index is 0.0529. The summed E-state index contributed by atoms with van der Waals surface area (Å²) in [5, 5.41) is 0.164. The van der Waals surface area contributed by atoms with Crippen LogP contribution in [0.25, 0.3) is 10.6 Å². The molecule has 0 radical (unpaired) electrons. The molecule has 47 heavy (non-hydrogen) atoms. The van der Waals surface area contributed by atoms with Crippen molar-refractivity contribution >= 4 is 34.3 Å². The van der Waals surface area contributed by atoms with Crippen molar-refractivity contribution in [2.24, 2.45) is 10.9 Å². The topological polar surface area (TPSA) is 41.9 Å². The molecule has 2 aromatic carbocycles. The number of aliphatic imine (C=N–C) groups is 1. The van der Waals surface area contributed by atoms with Crippen LogP contribution in [0.15, 0.2) is 59.1 Å². The molecule has 1 amide bonds. The lowest BCUT2D eigenvalue weighted by atomic mass is 9.86. The smallest absolute Gasteiger partial charge is 0.251 e. The monoisotopic (exact) mass is 668 g/mol. The molecule has 0 saturated heterocycles. The van der Waals surface area contributed by atoms with Crippen molar-refractivity contribution in [1.29, 1.82) is 0 Å². The lowest BCUT2D eigenvalue weighted by Crippen LogP contribution is -2.42. The summed E-state index contributed by atoms with van der Waals surface area (Å²) >= 11 is 6.80. The Kier molecular flexibility index (Phi) is 22.4. The molecule has 0 N–H and O–H groups in total. The Morgan fingerprint density at radius 1 is 1.04 bits per heavy atom. The fraction of sp³-hybridized carbons (Fsp3) is 0.512. The van der Waals surface area contributed by atoms with Crippen LogP contribution in [0.2, 0.25) is 0 Å². The number of ether oxygens (including phenoxy) is 1. The maximum atomic E-state index is 15.0. The van der Waals surface area contributed by atoms with Gasteiger partial charge < -0.3 is 9.64 Å². The minimum Gasteiger partial charge on any atom is -0.496 e. The van der Waals surface area contributed by atoms with Crippen LogP contribution in [0.5, 0.6) is 5.75 Å². The van der Waals surface area contributed by atoms with E-state index in [-0.39, 0.29) is 17.0 Å². The third-order valence-electron chi connectivity index (χ3n) is 8.08. The van der Waals surface area contributed by atoms with Gasteiger partial charge in [-0.05, 0) is 113 Å². The highest BCUT2D eigenvalue weighted by Crippen LogP contribution is 2.35. The van der Waals surface area contributed by atoms with E-state index in [0.29, 0.717) is 35.9 Å². The van der Waals surface area contributed by atoms with Crippen LogP contribution in [-0.2, 0) is 11.3 Å². The Bertz CT molecular complexity index is 1350. The largest absolute Gasteiger partial charge is 0.496 e. The predicted molar refractivity (Wildman–Crippen MR) is 205 cm³/mol. The van der Waals surface area contributed by atoms with Gasteiger partial charge in [-0.1, -0.05) is 84.4 Å². The molecule has 0 aromatic heterocycles. The zero-order valence-electron chi connectivity index (χ0n) is 31.6. The van der Waals surface area contributed by atoms with Gasteiger partial charge in [0.15, 0.2) is 0 Å². The zero-order valence-corrected chi connectivity index (χ0v) is 32.3. The number of halogens is 2. The van der Waals surface area contributed by atoms with E-state index in [2.05, 4.69) is 18.0 Å². The number of aryl methyl sites for hydroxylation is 1. The number of methoxy groups -OCH3 is 1. The van der Waals surface area contributed by atoms with E-state index in [1.54, 1.807) is 20.1 Å². The lowest BCUT2D eigenvalue weighted by molar-refractivity contribution is -0.130. The summed E-state index contributed by atoms with van der Waals surface area (Å²) in [6, 6.07) is 9.25. The molecule has 0 heterocycles. The number of carbonyl (C=O) groups is 1. The second-order valence-electron chi connectivity index (χ2n) is 10.9. The van der Waals surface area contributed by atoms with Crippen molar-refractivity contribution in [3.05, 3.63) is 87.8 Å². The fourth-order valence-electron chi connectivity index (χ4n) is 5.40. The summed E-state index contributed by atoms with van der Waals surface area (Å²) < 4.78 is 20.7. The Hall–Kier alpha value is -3.18. The molecule has 0 spiro atoms. The second-order valence-corrected chi connectivity index (χ2v) is 11.3. The van der Waals surface area contributed by atoms with Crippen molar-refractivity contribution in [2.75, 3.05) is 13.7 Å². The van der Waals surface area contributed by atoms with Crippen molar-refractivity contribution in [3.63, 3.8) is 0 Å². The zero-order chi connectivity index (χ0) is 36.1. The Morgan fingerprint density at radius 3 is 2.21 bits per heavy atom. The first kappa shape index (κ1) is 43.8. The number of allylic oxidation sites excluding steroid dienone is 4. The first-order valence-corrected chi connectivity index (χ1v) is 17.9. The third kappa shape index (κ3) is 12.7. The second kappa shape index (κ2) is 24.0. The quantitative estimate of drug-likeness (QED) is 0.144. The maximum absolute atomic E-state index is 15.0. The van der Waals surface area contributed by atoms with Crippen molar-refractivity contribution in [2.45, 2.75) is 121 Å². The van der Waals surface area contributed by atoms with Gasteiger partial charge in [-0.25, -0.2) is 4.39 Å². The summed E-state index contributed by atoms with van der Waals surface area (Å²) in [5.41, 5.74) is 5.23.